The Labute approximate surface area is 148 Å². The highest BCUT2D eigenvalue weighted by Crippen LogP contribution is 2.76. The number of ketones is 1. The lowest BCUT2D eigenvalue weighted by atomic mass is 9.36. The minimum absolute atomic E-state index is 0.0616. The molecule has 5 heteroatoms. The molecule has 8 atom stereocenters. The van der Waals surface area contributed by atoms with E-state index in [0.717, 1.165) is 19.3 Å². The number of aliphatic hydroxyl groups excluding tert-OH is 2. The van der Waals surface area contributed by atoms with Gasteiger partial charge in [-0.25, -0.2) is 0 Å². The molecule has 2 heterocycles. The van der Waals surface area contributed by atoms with Crippen LogP contribution in [0.1, 0.15) is 46.0 Å². The van der Waals surface area contributed by atoms with E-state index in [1.54, 1.807) is 0 Å². The first kappa shape index (κ1) is 16.4. The van der Waals surface area contributed by atoms with Gasteiger partial charge in [0.05, 0.1) is 18.1 Å². The van der Waals surface area contributed by atoms with Gasteiger partial charge in [-0.3, -0.25) is 4.79 Å². The fourth-order valence-electron chi connectivity index (χ4n) is 7.82. The highest BCUT2D eigenvalue weighted by molar-refractivity contribution is 6.04. The van der Waals surface area contributed by atoms with E-state index in [2.05, 4.69) is 20.4 Å². The molecular weight excluding hydrogens is 320 g/mol. The second kappa shape index (κ2) is 4.38. The van der Waals surface area contributed by atoms with Crippen molar-refractivity contribution in [3.63, 3.8) is 0 Å². The summed E-state index contributed by atoms with van der Waals surface area (Å²) >= 11 is 0. The van der Waals surface area contributed by atoms with Crippen LogP contribution in [0.5, 0.6) is 0 Å². The van der Waals surface area contributed by atoms with E-state index in [4.69, 9.17) is 4.74 Å². The summed E-state index contributed by atoms with van der Waals surface area (Å²) < 4.78 is 5.89. The van der Waals surface area contributed by atoms with E-state index < -0.39 is 28.8 Å². The van der Waals surface area contributed by atoms with E-state index in [1.165, 1.54) is 0 Å². The minimum atomic E-state index is -1.87. The molecule has 2 saturated heterocycles. The van der Waals surface area contributed by atoms with Crippen molar-refractivity contribution in [2.75, 3.05) is 6.61 Å². The first-order chi connectivity index (χ1) is 11.6. The first-order valence-corrected chi connectivity index (χ1v) is 9.59. The average Bonchev–Trinajstić information content (AvgIpc) is 2.75. The zero-order chi connectivity index (χ0) is 18.0. The third-order valence-electron chi connectivity index (χ3n) is 8.81. The molecule has 0 aromatic heterocycles. The molecule has 5 nitrogen and oxygen atoms in total. The molecule has 6 aliphatic rings. The van der Waals surface area contributed by atoms with Crippen LogP contribution in [-0.4, -0.2) is 45.7 Å². The summed E-state index contributed by atoms with van der Waals surface area (Å²) in [5.74, 6) is -2.39. The van der Waals surface area contributed by atoms with E-state index in [0.29, 0.717) is 18.4 Å². The van der Waals surface area contributed by atoms with Gasteiger partial charge in [0, 0.05) is 11.3 Å². The van der Waals surface area contributed by atoms with Crippen molar-refractivity contribution >= 4 is 5.78 Å². The second-order valence-corrected chi connectivity index (χ2v) is 9.92. The van der Waals surface area contributed by atoms with Gasteiger partial charge in [-0.15, -0.1) is 0 Å². The molecular formula is C20H28O5. The number of hydrogen-bond acceptors (Lipinski definition) is 5. The van der Waals surface area contributed by atoms with Crippen molar-refractivity contribution in [1.82, 2.24) is 0 Å². The Bertz CT molecular complexity index is 686. The number of carbonyl (C=O) groups excluding carboxylic acids is 1. The largest absolute Gasteiger partial charge is 0.392 e. The third kappa shape index (κ3) is 1.44. The Morgan fingerprint density at radius 3 is 2.64 bits per heavy atom. The lowest BCUT2D eigenvalue weighted by molar-refractivity contribution is -0.448. The van der Waals surface area contributed by atoms with Crippen molar-refractivity contribution in [1.29, 1.82) is 0 Å². The van der Waals surface area contributed by atoms with Crippen LogP contribution in [-0.2, 0) is 9.53 Å². The molecule has 0 aromatic carbocycles. The molecule has 2 aliphatic heterocycles. The van der Waals surface area contributed by atoms with Gasteiger partial charge < -0.3 is 20.1 Å². The zero-order valence-electron chi connectivity index (χ0n) is 15.0. The molecule has 6 rings (SSSR count). The van der Waals surface area contributed by atoms with Crippen molar-refractivity contribution < 1.29 is 24.9 Å². The average molecular weight is 348 g/mol. The van der Waals surface area contributed by atoms with Gasteiger partial charge in [0.1, 0.15) is 6.10 Å². The number of rotatable bonds is 0. The summed E-state index contributed by atoms with van der Waals surface area (Å²) in [6.07, 6.45) is 1.77. The monoisotopic (exact) mass is 348 g/mol. The smallest absolute Gasteiger partial charge is 0.205 e. The van der Waals surface area contributed by atoms with E-state index in [9.17, 15) is 20.1 Å². The third-order valence-corrected chi connectivity index (χ3v) is 8.81. The predicted octanol–water partition coefficient (Wildman–Crippen LogP) is 1.40. The molecule has 6 fully saturated rings. The summed E-state index contributed by atoms with van der Waals surface area (Å²) in [7, 11) is 0. The van der Waals surface area contributed by atoms with Crippen LogP contribution < -0.4 is 0 Å². The summed E-state index contributed by atoms with van der Waals surface area (Å²) in [5, 5.41) is 34.0. The normalized spacial score (nSPS) is 58.8. The molecule has 4 saturated carbocycles. The van der Waals surface area contributed by atoms with Gasteiger partial charge in [-0.05, 0) is 54.9 Å². The molecule has 4 bridgehead atoms. The molecule has 25 heavy (non-hydrogen) atoms. The number of Topliss-reactive ketones (excluding diaryl/α,β-unsaturated/α-hetero) is 1. The highest BCUT2D eigenvalue weighted by Gasteiger charge is 2.84. The van der Waals surface area contributed by atoms with Crippen LogP contribution in [0.2, 0.25) is 0 Å². The molecule has 2 spiro atoms. The first-order valence-electron chi connectivity index (χ1n) is 9.59. The Hall–Kier alpha value is -0.750. The van der Waals surface area contributed by atoms with Gasteiger partial charge in [-0.1, -0.05) is 20.4 Å². The van der Waals surface area contributed by atoms with Gasteiger partial charge >= 0.3 is 0 Å². The number of fused-ring (bicyclic) bond motifs is 2. The quantitative estimate of drug-likeness (QED) is 0.576. The van der Waals surface area contributed by atoms with E-state index in [-0.39, 0.29) is 35.6 Å². The Kier molecular flexibility index (Phi) is 2.88. The zero-order valence-corrected chi connectivity index (χ0v) is 15.0. The Morgan fingerprint density at radius 1 is 1.20 bits per heavy atom. The lowest BCUT2D eigenvalue weighted by Gasteiger charge is -2.74. The second-order valence-electron chi connectivity index (χ2n) is 9.92. The molecule has 3 N–H and O–H groups in total. The summed E-state index contributed by atoms with van der Waals surface area (Å²) in [6, 6.07) is 0. The van der Waals surface area contributed by atoms with Crippen LogP contribution in [0.4, 0.5) is 0 Å². The summed E-state index contributed by atoms with van der Waals surface area (Å²) in [5.41, 5.74) is -1.48. The van der Waals surface area contributed by atoms with Crippen molar-refractivity contribution in [2.45, 2.75) is 63.9 Å². The Morgan fingerprint density at radius 2 is 1.92 bits per heavy atom. The number of ether oxygens (including phenoxy) is 1. The van der Waals surface area contributed by atoms with Crippen molar-refractivity contribution in [3.8, 4) is 0 Å². The maximum absolute atomic E-state index is 13.3. The van der Waals surface area contributed by atoms with Crippen molar-refractivity contribution in [2.24, 2.45) is 34.0 Å². The van der Waals surface area contributed by atoms with Crippen LogP contribution in [0, 0.1) is 34.0 Å². The number of aliphatic hydroxyl groups is 3. The van der Waals surface area contributed by atoms with Crippen molar-refractivity contribution in [3.05, 3.63) is 12.2 Å². The summed E-state index contributed by atoms with van der Waals surface area (Å²) in [4.78, 5) is 13.3. The van der Waals surface area contributed by atoms with Crippen LogP contribution in [0.25, 0.3) is 0 Å². The van der Waals surface area contributed by atoms with Crippen LogP contribution in [0.15, 0.2) is 12.2 Å². The maximum Gasteiger partial charge on any atom is 0.205 e. The molecule has 0 radical (unpaired) electrons. The number of allylic oxidation sites excluding steroid dienone is 1. The highest BCUT2D eigenvalue weighted by atomic mass is 16.6. The molecule has 4 aliphatic carbocycles. The maximum atomic E-state index is 13.3. The Balaban J connectivity index is 1.79. The van der Waals surface area contributed by atoms with Crippen LogP contribution >= 0.6 is 0 Å². The topological polar surface area (TPSA) is 87.0 Å². The van der Waals surface area contributed by atoms with Gasteiger partial charge in [0.25, 0.3) is 0 Å². The van der Waals surface area contributed by atoms with E-state index in [1.807, 2.05) is 0 Å². The van der Waals surface area contributed by atoms with E-state index >= 15 is 0 Å². The molecule has 0 aromatic rings. The number of hydrogen-bond donors (Lipinski definition) is 3. The lowest BCUT2D eigenvalue weighted by Crippen LogP contribution is -2.83. The summed E-state index contributed by atoms with van der Waals surface area (Å²) in [6.45, 7) is 8.41. The van der Waals surface area contributed by atoms with Crippen LogP contribution in [0.3, 0.4) is 0 Å². The molecule has 138 valence electrons. The number of carbonyl (C=O) groups is 1. The molecule has 5 unspecified atom stereocenters. The van der Waals surface area contributed by atoms with Gasteiger partial charge in [-0.2, -0.15) is 0 Å². The predicted molar refractivity (Wildman–Crippen MR) is 89.3 cm³/mol. The molecule has 0 amide bonds. The minimum Gasteiger partial charge on any atom is -0.392 e. The van der Waals surface area contributed by atoms with Gasteiger partial charge in [0.15, 0.2) is 5.78 Å². The fourth-order valence-corrected chi connectivity index (χ4v) is 7.82. The standard InChI is InChI=1S/C20H28O5/c1-10-11-4-5-12-18-9-25-20(24,19(12,8-11)15(10)22)16(23)14(18)17(2,3)7-6-13(18)21/h11-14,16,21,23-24H,1,4-9H2,2-3H3/t11?,12?,13?,14?,16?,18-,19+,20-/m1/s1. The van der Waals surface area contributed by atoms with Gasteiger partial charge in [0.2, 0.25) is 5.79 Å². The fraction of sp³-hybridized carbons (Fsp3) is 0.850. The SMILES string of the molecule is C=C1C(=O)[C@]23CC1CCC2[C@@]12CO[C@]3(O)C(O)C1C(C)(C)CCC2O.